The molecular weight excluding hydrogens is 360 g/mol. The van der Waals surface area contributed by atoms with Crippen molar-refractivity contribution in [2.75, 3.05) is 19.0 Å². The summed E-state index contributed by atoms with van der Waals surface area (Å²) in [7, 11) is 0. The van der Waals surface area contributed by atoms with Crippen molar-refractivity contribution in [3.05, 3.63) is 58.6 Å². The number of rotatable bonds is 6. The zero-order valence-electron chi connectivity index (χ0n) is 13.4. The molecule has 25 heavy (non-hydrogen) atoms. The van der Waals surface area contributed by atoms with Gasteiger partial charge in [-0.1, -0.05) is 29.8 Å². The average Bonchev–Trinajstić information content (AvgIpc) is 2.62. The van der Waals surface area contributed by atoms with E-state index < -0.39 is 0 Å². The lowest BCUT2D eigenvalue weighted by Gasteiger charge is -2.19. The summed E-state index contributed by atoms with van der Waals surface area (Å²) in [5.41, 5.74) is 4.38. The fourth-order valence-electron chi connectivity index (χ4n) is 2.29. The van der Waals surface area contributed by atoms with Crippen LogP contribution in [0.25, 0.3) is 0 Å². The lowest BCUT2D eigenvalue weighted by atomic mass is 10.2. The van der Waals surface area contributed by atoms with Crippen molar-refractivity contribution in [1.82, 2.24) is 5.43 Å². The van der Waals surface area contributed by atoms with Crippen LogP contribution >= 0.6 is 23.4 Å². The predicted molar refractivity (Wildman–Crippen MR) is 101 cm³/mol. The number of para-hydroxylation sites is 1. The summed E-state index contributed by atoms with van der Waals surface area (Å²) in [6.07, 6.45) is 1.56. The summed E-state index contributed by atoms with van der Waals surface area (Å²) in [5.74, 6) is 2.22. The first kappa shape index (κ1) is 17.6. The fraction of sp³-hybridized carbons (Fsp3) is 0.222. The fourth-order valence-corrected chi connectivity index (χ4v) is 3.27. The normalized spacial score (nSPS) is 13.0. The molecule has 0 atom stereocenters. The van der Waals surface area contributed by atoms with Gasteiger partial charge in [0.1, 0.15) is 13.2 Å². The largest absolute Gasteiger partial charge is 0.486 e. The molecule has 1 amide bonds. The standard InChI is InChI=1S/C18H17ClN2O3S/c19-15-5-1-3-13(9-15)11-25-12-17(22)21-20-10-14-4-2-6-16-18(14)24-8-7-23-16/h1-6,9-10H,7-8,11-12H2,(H,21,22)/b20-10+. The molecule has 1 N–H and O–H groups in total. The molecule has 0 radical (unpaired) electrons. The second-order valence-electron chi connectivity index (χ2n) is 5.29. The first-order valence-electron chi connectivity index (χ1n) is 7.75. The van der Waals surface area contributed by atoms with Crippen LogP contribution in [0, 0.1) is 0 Å². The van der Waals surface area contributed by atoms with E-state index in [2.05, 4.69) is 10.5 Å². The Balaban J connectivity index is 1.47. The molecule has 0 fully saturated rings. The monoisotopic (exact) mass is 376 g/mol. The molecular formula is C18H17ClN2O3S. The Morgan fingerprint density at radius 2 is 2.08 bits per heavy atom. The van der Waals surface area contributed by atoms with Crippen LogP contribution in [0.2, 0.25) is 5.02 Å². The maximum absolute atomic E-state index is 11.9. The highest BCUT2D eigenvalue weighted by molar-refractivity contribution is 7.99. The summed E-state index contributed by atoms with van der Waals surface area (Å²) in [5, 5.41) is 4.69. The maximum atomic E-state index is 11.9. The molecule has 2 aromatic carbocycles. The number of benzene rings is 2. The SMILES string of the molecule is O=C(CSCc1cccc(Cl)c1)N/N=C/c1cccc2c1OCCO2. The third kappa shape index (κ3) is 5.14. The smallest absolute Gasteiger partial charge is 0.250 e. The van der Waals surface area contributed by atoms with Gasteiger partial charge in [-0.2, -0.15) is 5.10 Å². The van der Waals surface area contributed by atoms with Crippen molar-refractivity contribution >= 4 is 35.5 Å². The Morgan fingerprint density at radius 1 is 1.24 bits per heavy atom. The van der Waals surface area contributed by atoms with Gasteiger partial charge in [-0.05, 0) is 29.8 Å². The first-order chi connectivity index (χ1) is 12.2. The van der Waals surface area contributed by atoms with Crippen molar-refractivity contribution in [3.63, 3.8) is 0 Å². The van der Waals surface area contributed by atoms with Crippen molar-refractivity contribution in [2.24, 2.45) is 5.10 Å². The number of carbonyl (C=O) groups is 1. The molecule has 0 bridgehead atoms. The minimum atomic E-state index is -0.162. The number of hydrogen-bond donors (Lipinski definition) is 1. The number of thioether (sulfide) groups is 1. The molecule has 130 valence electrons. The number of nitrogens with zero attached hydrogens (tertiary/aromatic N) is 1. The summed E-state index contributed by atoms with van der Waals surface area (Å²) in [6, 6.07) is 13.2. The zero-order chi connectivity index (χ0) is 17.5. The summed E-state index contributed by atoms with van der Waals surface area (Å²) >= 11 is 7.44. The van der Waals surface area contributed by atoms with Crippen molar-refractivity contribution in [2.45, 2.75) is 5.75 Å². The van der Waals surface area contributed by atoms with Crippen LogP contribution in [0.1, 0.15) is 11.1 Å². The van der Waals surface area contributed by atoms with Gasteiger partial charge in [0.15, 0.2) is 11.5 Å². The second-order valence-corrected chi connectivity index (χ2v) is 6.71. The van der Waals surface area contributed by atoms with Crippen LogP contribution < -0.4 is 14.9 Å². The number of halogens is 1. The van der Waals surface area contributed by atoms with Crippen LogP contribution in [-0.4, -0.2) is 31.1 Å². The Morgan fingerprint density at radius 3 is 2.96 bits per heavy atom. The van der Waals surface area contributed by atoms with Gasteiger partial charge in [0.2, 0.25) is 5.91 Å². The highest BCUT2D eigenvalue weighted by Crippen LogP contribution is 2.32. The number of nitrogens with one attached hydrogen (secondary N) is 1. The van der Waals surface area contributed by atoms with Crippen LogP contribution in [0.4, 0.5) is 0 Å². The molecule has 7 heteroatoms. The van der Waals surface area contributed by atoms with E-state index in [4.69, 9.17) is 21.1 Å². The summed E-state index contributed by atoms with van der Waals surface area (Å²) in [4.78, 5) is 11.9. The molecule has 0 spiro atoms. The molecule has 0 saturated carbocycles. The van der Waals surface area contributed by atoms with E-state index in [1.807, 2.05) is 42.5 Å². The molecule has 1 aliphatic heterocycles. The molecule has 2 aromatic rings. The van der Waals surface area contributed by atoms with Crippen LogP contribution in [0.5, 0.6) is 11.5 Å². The molecule has 0 aromatic heterocycles. The van der Waals surface area contributed by atoms with Gasteiger partial charge in [-0.3, -0.25) is 4.79 Å². The topological polar surface area (TPSA) is 59.9 Å². The average molecular weight is 377 g/mol. The Labute approximate surface area is 155 Å². The molecule has 5 nitrogen and oxygen atoms in total. The minimum Gasteiger partial charge on any atom is -0.486 e. The van der Waals surface area contributed by atoms with E-state index in [-0.39, 0.29) is 5.91 Å². The first-order valence-corrected chi connectivity index (χ1v) is 9.28. The molecule has 0 unspecified atom stereocenters. The van der Waals surface area contributed by atoms with E-state index in [0.717, 1.165) is 16.9 Å². The Hall–Kier alpha value is -2.18. The minimum absolute atomic E-state index is 0.162. The Kier molecular flexibility index (Phi) is 6.19. The number of ether oxygens (including phenoxy) is 2. The van der Waals surface area contributed by atoms with Gasteiger partial charge in [-0.15, -0.1) is 11.8 Å². The van der Waals surface area contributed by atoms with Crippen molar-refractivity contribution in [3.8, 4) is 11.5 Å². The van der Waals surface area contributed by atoms with Crippen LogP contribution in [-0.2, 0) is 10.5 Å². The molecule has 1 aliphatic rings. The Bertz CT molecular complexity index is 783. The van der Waals surface area contributed by atoms with Gasteiger partial charge in [0.05, 0.1) is 12.0 Å². The summed E-state index contributed by atoms with van der Waals surface area (Å²) in [6.45, 7) is 1.04. The molecule has 3 rings (SSSR count). The van der Waals surface area contributed by atoms with Gasteiger partial charge in [0, 0.05) is 16.3 Å². The van der Waals surface area contributed by atoms with Crippen molar-refractivity contribution in [1.29, 1.82) is 0 Å². The zero-order valence-corrected chi connectivity index (χ0v) is 15.0. The number of fused-ring (bicyclic) bond motifs is 1. The number of carbonyl (C=O) groups excluding carboxylic acids is 1. The van der Waals surface area contributed by atoms with Gasteiger partial charge in [0.25, 0.3) is 0 Å². The lowest BCUT2D eigenvalue weighted by Crippen LogP contribution is -2.20. The van der Waals surface area contributed by atoms with E-state index in [1.165, 1.54) is 11.8 Å². The third-order valence-electron chi connectivity index (χ3n) is 3.38. The van der Waals surface area contributed by atoms with E-state index >= 15 is 0 Å². The molecule has 0 saturated heterocycles. The van der Waals surface area contributed by atoms with E-state index in [1.54, 1.807) is 6.21 Å². The van der Waals surface area contributed by atoms with Crippen molar-refractivity contribution < 1.29 is 14.3 Å². The van der Waals surface area contributed by atoms with Gasteiger partial charge in [-0.25, -0.2) is 5.43 Å². The van der Waals surface area contributed by atoms with E-state index in [0.29, 0.717) is 35.5 Å². The number of hydrazone groups is 1. The van der Waals surface area contributed by atoms with Crippen LogP contribution in [0.3, 0.4) is 0 Å². The highest BCUT2D eigenvalue weighted by Gasteiger charge is 2.14. The van der Waals surface area contributed by atoms with Gasteiger partial charge < -0.3 is 9.47 Å². The predicted octanol–water partition coefficient (Wildman–Crippen LogP) is 3.49. The summed E-state index contributed by atoms with van der Waals surface area (Å²) < 4.78 is 11.1. The number of hydrogen-bond acceptors (Lipinski definition) is 5. The third-order valence-corrected chi connectivity index (χ3v) is 4.62. The van der Waals surface area contributed by atoms with Gasteiger partial charge >= 0.3 is 0 Å². The molecule has 1 heterocycles. The second kappa shape index (κ2) is 8.78. The highest BCUT2D eigenvalue weighted by atomic mass is 35.5. The number of amides is 1. The quantitative estimate of drug-likeness (QED) is 0.619. The lowest BCUT2D eigenvalue weighted by molar-refractivity contribution is -0.118. The molecule has 0 aliphatic carbocycles. The maximum Gasteiger partial charge on any atom is 0.250 e. The van der Waals surface area contributed by atoms with Crippen LogP contribution in [0.15, 0.2) is 47.6 Å². The van der Waals surface area contributed by atoms with E-state index in [9.17, 15) is 4.79 Å².